The molecule has 0 fully saturated rings. The molecule has 2 unspecified atom stereocenters. The van der Waals surface area contributed by atoms with Gasteiger partial charge in [0.2, 0.25) is 0 Å². The average molecular weight is 391 g/mol. The number of hydrogen-bond donors (Lipinski definition) is 0. The molecule has 0 aliphatic heterocycles. The van der Waals surface area contributed by atoms with Crippen LogP contribution < -0.4 is 0 Å². The fourth-order valence-electron chi connectivity index (χ4n) is 2.06. The van der Waals surface area contributed by atoms with Gasteiger partial charge in [-0.3, -0.25) is 0 Å². The molecule has 0 saturated carbocycles. The highest BCUT2D eigenvalue weighted by Gasteiger charge is 2.10. The second kappa shape index (κ2) is 14.7. The van der Waals surface area contributed by atoms with Gasteiger partial charge in [0.1, 0.15) is 0 Å². The Bertz CT molecular complexity index is 355. The zero-order valence-electron chi connectivity index (χ0n) is 14.7. The van der Waals surface area contributed by atoms with Gasteiger partial charge in [-0.15, -0.1) is 0 Å². The summed E-state index contributed by atoms with van der Waals surface area (Å²) in [5, 5.41) is -0.305. The van der Waals surface area contributed by atoms with Crippen LogP contribution in [0, 0.1) is 5.92 Å². The van der Waals surface area contributed by atoms with Gasteiger partial charge < -0.3 is 9.47 Å². The van der Waals surface area contributed by atoms with E-state index >= 15 is 0 Å². The van der Waals surface area contributed by atoms with Crippen LogP contribution in [-0.2, 0) is 19.1 Å². The number of alkyl halides is 1. The van der Waals surface area contributed by atoms with Crippen LogP contribution in [0.25, 0.3) is 0 Å². The number of hydrogen-bond acceptors (Lipinski definition) is 4. The van der Waals surface area contributed by atoms with Crippen LogP contribution >= 0.6 is 15.9 Å². The number of rotatable bonds is 13. The van der Waals surface area contributed by atoms with E-state index in [4.69, 9.17) is 9.47 Å². The molecule has 0 heterocycles. The zero-order valence-corrected chi connectivity index (χ0v) is 16.3. The molecule has 0 N–H and O–H groups in total. The molecule has 0 aromatic carbocycles. The van der Waals surface area contributed by atoms with E-state index in [9.17, 15) is 9.59 Å². The van der Waals surface area contributed by atoms with Crippen LogP contribution in [0.3, 0.4) is 0 Å². The lowest BCUT2D eigenvalue weighted by atomic mass is 10.0. The van der Waals surface area contributed by atoms with Crippen LogP contribution in [0.15, 0.2) is 12.2 Å². The lowest BCUT2D eigenvalue weighted by Gasteiger charge is -2.13. The first-order valence-electron chi connectivity index (χ1n) is 8.72. The van der Waals surface area contributed by atoms with E-state index in [2.05, 4.69) is 36.7 Å². The van der Waals surface area contributed by atoms with Gasteiger partial charge in [-0.05, 0) is 41.1 Å². The SMILES string of the molecule is CCCCCC(Br)OC(=O)/C=C\C(=O)OCC(CC)CCCC. The maximum atomic E-state index is 11.6. The summed E-state index contributed by atoms with van der Waals surface area (Å²) >= 11 is 3.31. The van der Waals surface area contributed by atoms with Crippen LogP contribution in [0.4, 0.5) is 0 Å². The zero-order chi connectivity index (χ0) is 17.5. The second-order valence-electron chi connectivity index (χ2n) is 5.72. The topological polar surface area (TPSA) is 52.6 Å². The third-order valence-electron chi connectivity index (χ3n) is 3.64. The second-order valence-corrected chi connectivity index (χ2v) is 6.74. The molecular weight excluding hydrogens is 360 g/mol. The maximum Gasteiger partial charge on any atom is 0.332 e. The quantitative estimate of drug-likeness (QED) is 0.189. The molecule has 4 nitrogen and oxygen atoms in total. The van der Waals surface area contributed by atoms with Crippen LogP contribution in [-0.4, -0.2) is 23.6 Å². The number of halogens is 1. The van der Waals surface area contributed by atoms with Gasteiger partial charge in [0, 0.05) is 12.2 Å². The number of esters is 2. The van der Waals surface area contributed by atoms with Gasteiger partial charge >= 0.3 is 11.9 Å². The van der Waals surface area contributed by atoms with E-state index in [0.29, 0.717) is 12.5 Å². The van der Waals surface area contributed by atoms with Gasteiger partial charge in [-0.25, -0.2) is 9.59 Å². The molecule has 134 valence electrons. The van der Waals surface area contributed by atoms with Crippen molar-refractivity contribution in [1.82, 2.24) is 0 Å². The summed E-state index contributed by atoms with van der Waals surface area (Å²) in [6, 6.07) is 0. The van der Waals surface area contributed by atoms with Crippen molar-refractivity contribution in [2.45, 2.75) is 77.2 Å². The summed E-state index contributed by atoms with van der Waals surface area (Å²) in [6.45, 7) is 6.77. The molecule has 0 aliphatic carbocycles. The van der Waals surface area contributed by atoms with E-state index in [0.717, 1.165) is 63.5 Å². The molecule has 0 rings (SSSR count). The highest BCUT2D eigenvalue weighted by Crippen LogP contribution is 2.14. The first-order valence-corrected chi connectivity index (χ1v) is 9.64. The first kappa shape index (κ1) is 22.2. The molecule has 5 heteroatoms. The Morgan fingerprint density at radius 1 is 0.957 bits per heavy atom. The highest BCUT2D eigenvalue weighted by atomic mass is 79.9. The molecule has 0 amide bonds. The van der Waals surface area contributed by atoms with E-state index in [1.165, 1.54) is 0 Å². The molecule has 0 radical (unpaired) electrons. The van der Waals surface area contributed by atoms with Crippen LogP contribution in [0.2, 0.25) is 0 Å². The summed E-state index contributed by atoms with van der Waals surface area (Å²) in [5.74, 6) is -0.628. The highest BCUT2D eigenvalue weighted by molar-refractivity contribution is 9.09. The third kappa shape index (κ3) is 13.3. The van der Waals surface area contributed by atoms with Crippen LogP contribution in [0.5, 0.6) is 0 Å². The normalized spacial score (nSPS) is 13.7. The van der Waals surface area contributed by atoms with E-state index in [-0.39, 0.29) is 5.01 Å². The Morgan fingerprint density at radius 3 is 2.22 bits per heavy atom. The van der Waals surface area contributed by atoms with Gasteiger partial charge in [-0.2, -0.15) is 0 Å². The van der Waals surface area contributed by atoms with Crippen molar-refractivity contribution in [2.24, 2.45) is 5.92 Å². The standard InChI is InChI=1S/C18H31BrO4/c1-4-7-9-11-16(19)23-18(21)13-12-17(20)22-14-15(6-3)10-8-5-2/h12-13,15-16H,4-11,14H2,1-3H3/b13-12-. The Labute approximate surface area is 149 Å². The molecule has 0 saturated heterocycles. The van der Waals surface area contributed by atoms with E-state index in [1.54, 1.807) is 0 Å². The number of carbonyl (C=O) groups excluding carboxylic acids is 2. The molecule has 0 spiro atoms. The van der Waals surface area contributed by atoms with Crippen LogP contribution in [0.1, 0.15) is 72.1 Å². The van der Waals surface area contributed by atoms with Crippen molar-refractivity contribution < 1.29 is 19.1 Å². The Morgan fingerprint density at radius 2 is 1.61 bits per heavy atom. The van der Waals surface area contributed by atoms with E-state index in [1.807, 2.05) is 0 Å². The molecule has 0 aliphatic rings. The monoisotopic (exact) mass is 390 g/mol. The molecule has 2 atom stereocenters. The van der Waals surface area contributed by atoms with Gasteiger partial charge in [-0.1, -0.05) is 52.9 Å². The first-order chi connectivity index (χ1) is 11.0. The van der Waals surface area contributed by atoms with Crippen molar-refractivity contribution in [3.05, 3.63) is 12.2 Å². The Kier molecular flexibility index (Phi) is 14.2. The molecule has 0 aromatic heterocycles. The van der Waals surface area contributed by atoms with Crippen molar-refractivity contribution in [3.63, 3.8) is 0 Å². The molecule has 0 aromatic rings. The predicted octanol–water partition coefficient (Wildman–Crippen LogP) is 5.15. The van der Waals surface area contributed by atoms with Crippen molar-refractivity contribution in [3.8, 4) is 0 Å². The summed E-state index contributed by atoms with van der Waals surface area (Å²) < 4.78 is 10.3. The summed E-state index contributed by atoms with van der Waals surface area (Å²) in [4.78, 5) is 23.2. The fraction of sp³-hybridized carbons (Fsp3) is 0.778. The average Bonchev–Trinajstić information content (AvgIpc) is 2.53. The summed E-state index contributed by atoms with van der Waals surface area (Å²) in [6.07, 6.45) is 10.6. The van der Waals surface area contributed by atoms with Gasteiger partial charge in [0.15, 0.2) is 5.01 Å². The number of ether oxygens (including phenoxy) is 2. The summed E-state index contributed by atoms with van der Waals surface area (Å²) in [5.41, 5.74) is 0. The van der Waals surface area contributed by atoms with Crippen molar-refractivity contribution >= 4 is 27.9 Å². The number of unbranched alkanes of at least 4 members (excludes halogenated alkanes) is 3. The molecule has 23 heavy (non-hydrogen) atoms. The minimum Gasteiger partial charge on any atom is -0.462 e. The maximum absolute atomic E-state index is 11.6. The minimum absolute atomic E-state index is 0.305. The summed E-state index contributed by atoms with van der Waals surface area (Å²) in [7, 11) is 0. The van der Waals surface area contributed by atoms with Gasteiger partial charge in [0.25, 0.3) is 0 Å². The van der Waals surface area contributed by atoms with E-state index < -0.39 is 11.9 Å². The smallest absolute Gasteiger partial charge is 0.332 e. The Balaban J connectivity index is 3.98. The predicted molar refractivity (Wildman–Crippen MR) is 96.4 cm³/mol. The lowest BCUT2D eigenvalue weighted by Crippen LogP contribution is -2.13. The molecular formula is C18H31BrO4. The largest absolute Gasteiger partial charge is 0.462 e. The molecule has 0 bridgehead atoms. The number of carbonyl (C=O) groups is 2. The Hall–Kier alpha value is -0.840. The van der Waals surface area contributed by atoms with Gasteiger partial charge in [0.05, 0.1) is 6.61 Å². The van der Waals surface area contributed by atoms with Crippen molar-refractivity contribution in [1.29, 1.82) is 0 Å². The lowest BCUT2D eigenvalue weighted by molar-refractivity contribution is -0.141. The third-order valence-corrected chi connectivity index (χ3v) is 4.28. The van der Waals surface area contributed by atoms with Crippen molar-refractivity contribution in [2.75, 3.05) is 6.61 Å². The fourth-order valence-corrected chi connectivity index (χ4v) is 2.57. The minimum atomic E-state index is -0.529.